The molecule has 1 atom stereocenters. The van der Waals surface area contributed by atoms with Crippen LogP contribution in [0.2, 0.25) is 0 Å². The number of hydrogen-bond acceptors (Lipinski definition) is 3. The zero-order chi connectivity index (χ0) is 17.1. The number of hydrogen-bond donors (Lipinski definition) is 3. The number of carbonyl (C=O) groups excluding carboxylic acids is 1. The Morgan fingerprint density at radius 1 is 1.22 bits per heavy atom. The predicted molar refractivity (Wildman–Crippen MR) is 95.7 cm³/mol. The monoisotopic (exact) mass is 324 g/mol. The van der Waals surface area contributed by atoms with Gasteiger partial charge in [0, 0.05) is 30.2 Å². The van der Waals surface area contributed by atoms with Crippen molar-refractivity contribution in [3.05, 3.63) is 0 Å². The van der Waals surface area contributed by atoms with Gasteiger partial charge in [-0.25, -0.2) is 4.79 Å². The molecule has 0 bridgehead atoms. The molecule has 0 radical (unpaired) electrons. The molecular formula is C18H36N4O. The molecule has 23 heavy (non-hydrogen) atoms. The maximum absolute atomic E-state index is 12.2. The summed E-state index contributed by atoms with van der Waals surface area (Å²) in [4.78, 5) is 14.7. The number of piperidine rings is 1. The molecule has 2 rings (SSSR count). The minimum atomic E-state index is -0.00237. The second kappa shape index (κ2) is 7.39. The van der Waals surface area contributed by atoms with Crippen LogP contribution in [0.3, 0.4) is 0 Å². The molecule has 0 aliphatic carbocycles. The number of rotatable bonds is 5. The Labute approximate surface area is 142 Å². The fourth-order valence-electron chi connectivity index (χ4n) is 4.50. The molecule has 0 aromatic heterocycles. The number of urea groups is 1. The van der Waals surface area contributed by atoms with Crippen molar-refractivity contribution < 1.29 is 4.79 Å². The van der Waals surface area contributed by atoms with Crippen LogP contribution in [0.5, 0.6) is 0 Å². The average molecular weight is 325 g/mol. The molecular weight excluding hydrogens is 288 g/mol. The quantitative estimate of drug-likeness (QED) is 0.727. The molecule has 2 aliphatic rings. The van der Waals surface area contributed by atoms with Crippen molar-refractivity contribution in [2.75, 3.05) is 26.2 Å². The Bertz CT molecular complexity index is 392. The lowest BCUT2D eigenvalue weighted by Gasteiger charge is -2.46. The van der Waals surface area contributed by atoms with Crippen molar-refractivity contribution in [3.8, 4) is 0 Å². The maximum atomic E-state index is 12.2. The molecule has 0 aromatic carbocycles. The molecule has 3 N–H and O–H groups in total. The van der Waals surface area contributed by atoms with Gasteiger partial charge in [-0.15, -0.1) is 0 Å². The Morgan fingerprint density at radius 2 is 1.87 bits per heavy atom. The van der Waals surface area contributed by atoms with E-state index in [2.05, 4.69) is 55.5 Å². The maximum Gasteiger partial charge on any atom is 0.315 e. The van der Waals surface area contributed by atoms with Gasteiger partial charge in [0.05, 0.1) is 0 Å². The summed E-state index contributed by atoms with van der Waals surface area (Å²) < 4.78 is 0. The molecule has 0 saturated carbocycles. The summed E-state index contributed by atoms with van der Waals surface area (Å²) in [6, 6.07) is 0.235. The van der Waals surface area contributed by atoms with Crippen LogP contribution >= 0.6 is 0 Å². The summed E-state index contributed by atoms with van der Waals surface area (Å²) >= 11 is 0. The van der Waals surface area contributed by atoms with Crippen molar-refractivity contribution in [1.29, 1.82) is 0 Å². The van der Waals surface area contributed by atoms with Gasteiger partial charge in [0.15, 0.2) is 0 Å². The average Bonchev–Trinajstić information content (AvgIpc) is 2.80. The van der Waals surface area contributed by atoms with Crippen LogP contribution in [0.4, 0.5) is 4.79 Å². The number of amides is 2. The van der Waals surface area contributed by atoms with E-state index < -0.39 is 0 Å². The highest BCUT2D eigenvalue weighted by Crippen LogP contribution is 2.28. The Balaban J connectivity index is 1.72. The van der Waals surface area contributed by atoms with E-state index in [-0.39, 0.29) is 23.2 Å². The SMILES string of the molecule is CCCN1CC[C@@H](CNC(=O)NC2CC(C)(C)NC(C)(C)C2)C1. The topological polar surface area (TPSA) is 56.4 Å². The second-order valence-corrected chi connectivity index (χ2v) is 8.81. The van der Waals surface area contributed by atoms with Crippen LogP contribution in [0, 0.1) is 5.92 Å². The van der Waals surface area contributed by atoms with Gasteiger partial charge in [-0.3, -0.25) is 0 Å². The molecule has 2 fully saturated rings. The molecule has 2 aliphatic heterocycles. The highest BCUT2D eigenvalue weighted by molar-refractivity contribution is 5.74. The molecule has 2 heterocycles. The van der Waals surface area contributed by atoms with Gasteiger partial charge < -0.3 is 20.9 Å². The molecule has 2 amide bonds. The molecule has 5 heteroatoms. The zero-order valence-corrected chi connectivity index (χ0v) is 15.7. The Hall–Kier alpha value is -0.810. The number of likely N-dealkylation sites (tertiary alicyclic amines) is 1. The lowest BCUT2D eigenvalue weighted by Crippen LogP contribution is -2.62. The molecule has 5 nitrogen and oxygen atoms in total. The van der Waals surface area contributed by atoms with E-state index in [1.807, 2.05) is 0 Å². The first kappa shape index (κ1) is 18.5. The first-order chi connectivity index (χ1) is 10.7. The summed E-state index contributed by atoms with van der Waals surface area (Å²) in [6.07, 6.45) is 4.35. The third-order valence-corrected chi connectivity index (χ3v) is 4.99. The lowest BCUT2D eigenvalue weighted by molar-refractivity contribution is 0.147. The Kier molecular flexibility index (Phi) is 5.95. The van der Waals surface area contributed by atoms with E-state index in [1.54, 1.807) is 0 Å². The third kappa shape index (κ3) is 5.96. The Morgan fingerprint density at radius 3 is 2.48 bits per heavy atom. The van der Waals surface area contributed by atoms with E-state index in [4.69, 9.17) is 0 Å². The third-order valence-electron chi connectivity index (χ3n) is 4.99. The fourth-order valence-corrected chi connectivity index (χ4v) is 4.50. The van der Waals surface area contributed by atoms with Gasteiger partial charge in [-0.1, -0.05) is 6.92 Å². The van der Waals surface area contributed by atoms with Gasteiger partial charge in [0.2, 0.25) is 0 Å². The summed E-state index contributed by atoms with van der Waals surface area (Å²) in [5, 5.41) is 9.93. The largest absolute Gasteiger partial charge is 0.338 e. The molecule has 2 saturated heterocycles. The van der Waals surface area contributed by atoms with Crippen molar-refractivity contribution in [1.82, 2.24) is 20.9 Å². The lowest BCUT2D eigenvalue weighted by atomic mass is 9.80. The predicted octanol–water partition coefficient (Wildman–Crippen LogP) is 2.33. The second-order valence-electron chi connectivity index (χ2n) is 8.81. The van der Waals surface area contributed by atoms with Crippen LogP contribution in [-0.4, -0.2) is 54.2 Å². The highest BCUT2D eigenvalue weighted by Gasteiger charge is 2.38. The van der Waals surface area contributed by atoms with E-state index >= 15 is 0 Å². The normalized spacial score (nSPS) is 27.8. The highest BCUT2D eigenvalue weighted by atomic mass is 16.2. The first-order valence-electron chi connectivity index (χ1n) is 9.25. The first-order valence-corrected chi connectivity index (χ1v) is 9.25. The van der Waals surface area contributed by atoms with Gasteiger partial charge in [0.25, 0.3) is 0 Å². The smallest absolute Gasteiger partial charge is 0.315 e. The van der Waals surface area contributed by atoms with E-state index in [9.17, 15) is 4.79 Å². The summed E-state index contributed by atoms with van der Waals surface area (Å²) in [5.41, 5.74) is 0.123. The standard InChI is InChI=1S/C18H36N4O/c1-6-8-22-9-7-14(13-22)12-19-16(23)20-15-10-17(2,3)21-18(4,5)11-15/h14-15,21H,6-13H2,1-5H3,(H2,19,20,23)/t14-/m0/s1. The summed E-state index contributed by atoms with van der Waals surface area (Å²) in [7, 11) is 0. The van der Waals surface area contributed by atoms with Gasteiger partial charge in [-0.2, -0.15) is 0 Å². The number of nitrogens with one attached hydrogen (secondary N) is 3. The van der Waals surface area contributed by atoms with Crippen LogP contribution in [0.25, 0.3) is 0 Å². The molecule has 0 spiro atoms. The number of nitrogens with zero attached hydrogens (tertiary/aromatic N) is 1. The van der Waals surface area contributed by atoms with Crippen LogP contribution in [-0.2, 0) is 0 Å². The van der Waals surface area contributed by atoms with Gasteiger partial charge >= 0.3 is 6.03 Å². The fraction of sp³-hybridized carbons (Fsp3) is 0.944. The van der Waals surface area contributed by atoms with E-state index in [1.165, 1.54) is 25.9 Å². The van der Waals surface area contributed by atoms with E-state index in [0.717, 1.165) is 25.9 Å². The molecule has 0 aromatic rings. The number of carbonyl (C=O) groups is 1. The van der Waals surface area contributed by atoms with Crippen LogP contribution in [0.15, 0.2) is 0 Å². The van der Waals surface area contributed by atoms with E-state index in [0.29, 0.717) is 5.92 Å². The molecule has 134 valence electrons. The van der Waals surface area contributed by atoms with Crippen molar-refractivity contribution in [2.45, 2.75) is 77.4 Å². The van der Waals surface area contributed by atoms with Gasteiger partial charge in [0.1, 0.15) is 0 Å². The van der Waals surface area contributed by atoms with Crippen LogP contribution < -0.4 is 16.0 Å². The zero-order valence-electron chi connectivity index (χ0n) is 15.7. The molecule has 0 unspecified atom stereocenters. The van der Waals surface area contributed by atoms with Crippen molar-refractivity contribution >= 4 is 6.03 Å². The van der Waals surface area contributed by atoms with Crippen molar-refractivity contribution in [3.63, 3.8) is 0 Å². The summed E-state index contributed by atoms with van der Waals surface area (Å²) in [6.45, 7) is 15.3. The summed E-state index contributed by atoms with van der Waals surface area (Å²) in [5.74, 6) is 0.605. The minimum Gasteiger partial charge on any atom is -0.338 e. The van der Waals surface area contributed by atoms with Crippen LogP contribution in [0.1, 0.15) is 60.3 Å². The van der Waals surface area contributed by atoms with Gasteiger partial charge in [-0.05, 0) is 72.4 Å². The van der Waals surface area contributed by atoms with Crippen molar-refractivity contribution in [2.24, 2.45) is 5.92 Å². The minimum absolute atomic E-state index is 0.00237.